The van der Waals surface area contributed by atoms with Crippen molar-refractivity contribution < 1.29 is 22.7 Å². The topological polar surface area (TPSA) is 137 Å². The second-order valence-corrected chi connectivity index (χ2v) is 8.73. The van der Waals surface area contributed by atoms with Crippen molar-refractivity contribution in [3.8, 4) is 11.4 Å². The fraction of sp³-hybridized carbons (Fsp3) is 0.250. The van der Waals surface area contributed by atoms with E-state index in [0.29, 0.717) is 11.3 Å². The van der Waals surface area contributed by atoms with Crippen molar-refractivity contribution in [2.24, 2.45) is 0 Å². The Bertz CT molecular complexity index is 1630. The van der Waals surface area contributed by atoms with Crippen LogP contribution in [-0.2, 0) is 6.54 Å². The molecule has 0 atom stereocenters. The van der Waals surface area contributed by atoms with Crippen LogP contribution in [0.5, 0.6) is 5.75 Å². The number of nitrogens with two attached hydrogens (primary N) is 1. The maximum absolute atomic E-state index is 13.6. The number of ether oxygens (including phenoxy) is 1. The molecule has 1 aliphatic carbocycles. The summed E-state index contributed by atoms with van der Waals surface area (Å²) in [5.74, 6) is -3.97. The summed E-state index contributed by atoms with van der Waals surface area (Å²) in [5, 5.41) is 8.60. The number of hydrogen-bond donors (Lipinski definition) is 3. The van der Waals surface area contributed by atoms with Crippen molar-refractivity contribution in [2.45, 2.75) is 31.4 Å². The third kappa shape index (κ3) is 4.21. The van der Waals surface area contributed by atoms with Gasteiger partial charge in [0.05, 0.1) is 24.4 Å². The Morgan fingerprint density at radius 2 is 1.89 bits per heavy atom. The molecule has 37 heavy (non-hydrogen) atoms. The number of carbonyl (C=O) groups is 1. The smallest absolute Gasteiger partial charge is 0.334 e. The minimum Gasteiger partial charge on any atom is -0.496 e. The van der Waals surface area contributed by atoms with Crippen LogP contribution in [0.3, 0.4) is 0 Å². The zero-order chi connectivity index (χ0) is 26.5. The van der Waals surface area contributed by atoms with E-state index in [1.54, 1.807) is 24.3 Å². The molecule has 0 radical (unpaired) electrons. The van der Waals surface area contributed by atoms with E-state index in [1.165, 1.54) is 19.2 Å². The molecule has 1 aliphatic rings. The van der Waals surface area contributed by atoms with E-state index in [0.717, 1.165) is 15.2 Å². The second-order valence-electron chi connectivity index (χ2n) is 8.73. The van der Waals surface area contributed by atoms with Crippen molar-refractivity contribution >= 4 is 22.8 Å². The van der Waals surface area contributed by atoms with Crippen molar-refractivity contribution in [1.82, 2.24) is 24.6 Å². The molecule has 5 rings (SSSR count). The molecular weight excluding hydrogens is 493 g/mol. The Kier molecular flexibility index (Phi) is 5.77. The van der Waals surface area contributed by atoms with Crippen LogP contribution >= 0.6 is 0 Å². The van der Waals surface area contributed by atoms with E-state index in [2.05, 4.69) is 15.5 Å². The van der Waals surface area contributed by atoms with Crippen molar-refractivity contribution in [3.05, 3.63) is 80.2 Å². The van der Waals surface area contributed by atoms with Crippen LogP contribution in [0.4, 0.5) is 19.0 Å². The number of aromatic nitrogens is 4. The van der Waals surface area contributed by atoms with Crippen LogP contribution in [0.25, 0.3) is 16.7 Å². The maximum atomic E-state index is 13.6. The van der Waals surface area contributed by atoms with Gasteiger partial charge >= 0.3 is 5.69 Å². The van der Waals surface area contributed by atoms with Gasteiger partial charge < -0.3 is 15.8 Å². The first kappa shape index (κ1) is 24.2. The van der Waals surface area contributed by atoms with Gasteiger partial charge in [-0.2, -0.15) is 5.10 Å². The van der Waals surface area contributed by atoms with E-state index >= 15 is 0 Å². The molecule has 2 aromatic heterocycles. The number of amides is 1. The SMILES string of the molecule is COc1ccc(F)cc1C(=O)NCc1ccc(-n2c(=O)n(C3CC(F)(F)C3)c3c(=O)[nH]nc(N)c32)cc1. The molecule has 0 aliphatic heterocycles. The molecular formula is C24H21F3N6O4. The minimum atomic E-state index is -2.91. The fourth-order valence-corrected chi connectivity index (χ4v) is 4.48. The van der Waals surface area contributed by atoms with Gasteiger partial charge in [-0.05, 0) is 35.9 Å². The number of aromatic amines is 1. The molecule has 4 aromatic rings. The molecule has 0 spiro atoms. The summed E-state index contributed by atoms with van der Waals surface area (Å²) in [4.78, 5) is 38.4. The monoisotopic (exact) mass is 514 g/mol. The van der Waals surface area contributed by atoms with Crippen molar-refractivity contribution in [1.29, 1.82) is 0 Å². The van der Waals surface area contributed by atoms with Crippen LogP contribution in [0.2, 0.25) is 0 Å². The molecule has 10 nitrogen and oxygen atoms in total. The van der Waals surface area contributed by atoms with Gasteiger partial charge in [0.1, 0.15) is 22.6 Å². The molecule has 0 bridgehead atoms. The summed E-state index contributed by atoms with van der Waals surface area (Å²) >= 11 is 0. The zero-order valence-electron chi connectivity index (χ0n) is 19.4. The summed E-state index contributed by atoms with van der Waals surface area (Å²) in [6, 6.07) is 9.12. The van der Waals surface area contributed by atoms with Gasteiger partial charge in [0.2, 0.25) is 0 Å². The highest BCUT2D eigenvalue weighted by Gasteiger charge is 2.48. The summed E-state index contributed by atoms with van der Waals surface area (Å²) < 4.78 is 48.0. The highest BCUT2D eigenvalue weighted by Crippen LogP contribution is 2.45. The zero-order valence-corrected chi connectivity index (χ0v) is 19.4. The average molecular weight is 514 g/mol. The third-order valence-electron chi connectivity index (χ3n) is 6.31. The number of carbonyl (C=O) groups excluding carboxylic acids is 1. The Labute approximate surface area is 206 Å². The first-order valence-corrected chi connectivity index (χ1v) is 11.2. The number of nitrogens with zero attached hydrogens (tertiary/aromatic N) is 3. The number of alkyl halides is 2. The van der Waals surface area contributed by atoms with Gasteiger partial charge in [-0.25, -0.2) is 23.1 Å². The molecule has 1 fully saturated rings. The number of rotatable bonds is 6. The van der Waals surface area contributed by atoms with E-state index in [-0.39, 0.29) is 34.7 Å². The van der Waals surface area contributed by atoms with Crippen molar-refractivity contribution in [2.75, 3.05) is 12.8 Å². The molecule has 192 valence electrons. The van der Waals surface area contributed by atoms with Crippen molar-refractivity contribution in [3.63, 3.8) is 0 Å². The van der Waals surface area contributed by atoms with Gasteiger partial charge in [-0.1, -0.05) is 12.1 Å². The van der Waals surface area contributed by atoms with E-state index in [9.17, 15) is 27.6 Å². The minimum absolute atomic E-state index is 0.0169. The number of imidazole rings is 1. The number of benzene rings is 2. The number of halogens is 3. The van der Waals surface area contributed by atoms with Crippen LogP contribution in [0.1, 0.15) is 34.8 Å². The van der Waals surface area contributed by atoms with E-state index < -0.39 is 47.8 Å². The lowest BCUT2D eigenvalue weighted by atomic mass is 9.88. The predicted molar refractivity (Wildman–Crippen MR) is 128 cm³/mol. The standard InChI is InChI=1S/C24H21F3N6O4/c1-37-17-7-4-13(25)8-16(17)21(34)29-11-12-2-5-14(6-3-12)32-18-19(22(35)31-30-20(18)28)33(23(32)36)15-9-24(26,27)10-15/h2-8,15H,9-11H2,1H3,(H2,28,30)(H,29,34)(H,31,35). The normalized spacial score (nSPS) is 14.9. The number of anilines is 1. The lowest BCUT2D eigenvalue weighted by Crippen LogP contribution is -2.41. The second kappa shape index (κ2) is 8.84. The number of H-pyrrole nitrogens is 1. The first-order valence-electron chi connectivity index (χ1n) is 11.2. The number of hydrogen-bond acceptors (Lipinski definition) is 6. The lowest BCUT2D eigenvalue weighted by Gasteiger charge is -2.35. The fourth-order valence-electron chi connectivity index (χ4n) is 4.48. The summed E-state index contributed by atoms with van der Waals surface area (Å²) in [6.45, 7) is 0.0793. The molecule has 0 unspecified atom stereocenters. The largest absolute Gasteiger partial charge is 0.496 e. The van der Waals surface area contributed by atoms with Gasteiger partial charge in [-0.15, -0.1) is 0 Å². The van der Waals surface area contributed by atoms with Crippen LogP contribution in [0.15, 0.2) is 52.1 Å². The lowest BCUT2D eigenvalue weighted by molar-refractivity contribution is -0.104. The van der Waals surface area contributed by atoms with Gasteiger partial charge in [-0.3, -0.25) is 18.7 Å². The van der Waals surface area contributed by atoms with E-state index in [1.807, 2.05) is 0 Å². The Hall–Kier alpha value is -4.55. The van der Waals surface area contributed by atoms with Crippen LogP contribution in [-0.4, -0.2) is 38.3 Å². The number of fused-ring (bicyclic) bond motifs is 1. The van der Waals surface area contributed by atoms with Crippen LogP contribution < -0.4 is 27.0 Å². The predicted octanol–water partition coefficient (Wildman–Crippen LogP) is 2.51. The number of nitrogen functional groups attached to an aromatic ring is 1. The molecule has 2 aromatic carbocycles. The Morgan fingerprint density at radius 1 is 1.19 bits per heavy atom. The third-order valence-corrected chi connectivity index (χ3v) is 6.31. The van der Waals surface area contributed by atoms with E-state index in [4.69, 9.17) is 10.5 Å². The number of nitrogens with one attached hydrogen (secondary N) is 2. The Balaban J connectivity index is 1.45. The summed E-state index contributed by atoms with van der Waals surface area (Å²) in [7, 11) is 1.37. The van der Waals surface area contributed by atoms with Gasteiger partial charge in [0.25, 0.3) is 17.4 Å². The summed E-state index contributed by atoms with van der Waals surface area (Å²) in [6.07, 6.45) is -1.13. The molecule has 2 heterocycles. The molecule has 1 amide bonds. The maximum Gasteiger partial charge on any atom is 0.334 e. The summed E-state index contributed by atoms with van der Waals surface area (Å²) in [5.41, 5.74) is 5.45. The van der Waals surface area contributed by atoms with Gasteiger partial charge in [0, 0.05) is 19.4 Å². The van der Waals surface area contributed by atoms with Gasteiger partial charge in [0.15, 0.2) is 5.82 Å². The average Bonchev–Trinajstić information content (AvgIpc) is 3.17. The highest BCUT2D eigenvalue weighted by atomic mass is 19.3. The quantitative estimate of drug-likeness (QED) is 0.362. The number of methoxy groups -OCH3 is 1. The Morgan fingerprint density at radius 3 is 2.54 bits per heavy atom. The molecule has 0 saturated heterocycles. The molecule has 1 saturated carbocycles. The molecule has 4 N–H and O–H groups in total. The first-order chi connectivity index (χ1) is 17.6. The highest BCUT2D eigenvalue weighted by molar-refractivity contribution is 5.96. The molecule has 13 heteroatoms. The van der Waals surface area contributed by atoms with Crippen LogP contribution in [0, 0.1) is 5.82 Å².